The first-order chi connectivity index (χ1) is 13.0. The van der Waals surface area contributed by atoms with Crippen molar-refractivity contribution in [1.29, 1.82) is 0 Å². The van der Waals surface area contributed by atoms with Crippen LogP contribution in [-0.2, 0) is 24.2 Å². The molecule has 2 rings (SSSR count). The van der Waals surface area contributed by atoms with E-state index in [2.05, 4.69) is 27.4 Å². The molecule has 0 bridgehead atoms. The monoisotopic (exact) mass is 412 g/mol. The Morgan fingerprint density at radius 3 is 2.85 bits per heavy atom. The lowest BCUT2D eigenvalue weighted by Crippen LogP contribution is -2.40. The van der Waals surface area contributed by atoms with Gasteiger partial charge in [-0.15, -0.1) is 10.2 Å². The van der Waals surface area contributed by atoms with E-state index in [1.807, 2.05) is 28.6 Å². The molecule has 0 radical (unpaired) electrons. The number of nitrogens with zero attached hydrogens (tertiary/aromatic N) is 5. The highest BCUT2D eigenvalue weighted by molar-refractivity contribution is 6.42. The van der Waals surface area contributed by atoms with E-state index >= 15 is 0 Å². The van der Waals surface area contributed by atoms with Gasteiger partial charge in [-0.25, -0.2) is 0 Å². The van der Waals surface area contributed by atoms with E-state index in [1.165, 1.54) is 0 Å². The summed E-state index contributed by atoms with van der Waals surface area (Å²) in [5, 5.41) is 12.6. The number of benzene rings is 1. The van der Waals surface area contributed by atoms with Crippen molar-refractivity contribution in [2.45, 2.75) is 26.4 Å². The second-order valence-electron chi connectivity index (χ2n) is 6.02. The topological polar surface area (TPSA) is 67.6 Å². The van der Waals surface area contributed by atoms with Gasteiger partial charge in [-0.05, 0) is 17.7 Å². The molecule has 0 aliphatic carbocycles. The second kappa shape index (κ2) is 11.1. The molecule has 1 aromatic heterocycles. The first-order valence-electron chi connectivity index (χ1n) is 8.84. The van der Waals surface area contributed by atoms with E-state index in [9.17, 15) is 0 Å². The van der Waals surface area contributed by atoms with Crippen molar-refractivity contribution < 1.29 is 4.74 Å². The number of halogens is 2. The average Bonchev–Trinajstić information content (AvgIpc) is 3.11. The van der Waals surface area contributed by atoms with Crippen molar-refractivity contribution in [3.63, 3.8) is 0 Å². The van der Waals surface area contributed by atoms with Gasteiger partial charge in [0.2, 0.25) is 0 Å². The highest BCUT2D eigenvalue weighted by atomic mass is 35.5. The van der Waals surface area contributed by atoms with Gasteiger partial charge in [-0.3, -0.25) is 4.99 Å². The van der Waals surface area contributed by atoms with Crippen LogP contribution in [0.1, 0.15) is 18.3 Å². The Kier molecular flexibility index (Phi) is 8.84. The van der Waals surface area contributed by atoms with Crippen LogP contribution in [0.2, 0.25) is 10.0 Å². The van der Waals surface area contributed by atoms with E-state index in [-0.39, 0.29) is 0 Å². The third-order valence-corrected chi connectivity index (χ3v) is 4.71. The summed E-state index contributed by atoms with van der Waals surface area (Å²) >= 11 is 12.1. The normalized spacial score (nSPS) is 11.7. The predicted octanol–water partition coefficient (Wildman–Crippen LogP) is 2.87. The molecule has 0 saturated heterocycles. The zero-order valence-electron chi connectivity index (χ0n) is 16.0. The Morgan fingerprint density at radius 1 is 1.33 bits per heavy atom. The molecule has 1 aromatic carbocycles. The standard InChI is InChI=1S/C18H26Cl2N6O/c1-4-17-24-23-13-26(17)9-7-21-18(22-8-10-27-3)25(2)12-14-5-6-15(19)16(20)11-14/h5-6,11,13H,4,7-10,12H2,1-3H3,(H,21,22). The zero-order chi connectivity index (χ0) is 19.6. The molecule has 0 amide bonds. The molecule has 7 nitrogen and oxygen atoms in total. The minimum atomic E-state index is 0.549. The summed E-state index contributed by atoms with van der Waals surface area (Å²) in [5.41, 5.74) is 1.06. The molecule has 0 spiro atoms. The Morgan fingerprint density at radius 2 is 2.15 bits per heavy atom. The van der Waals surface area contributed by atoms with Crippen LogP contribution >= 0.6 is 23.2 Å². The molecule has 2 aromatic rings. The molecule has 27 heavy (non-hydrogen) atoms. The van der Waals surface area contributed by atoms with Crippen LogP contribution in [0.4, 0.5) is 0 Å². The molecule has 148 valence electrons. The van der Waals surface area contributed by atoms with Crippen molar-refractivity contribution in [1.82, 2.24) is 25.0 Å². The van der Waals surface area contributed by atoms with Crippen molar-refractivity contribution in [3.8, 4) is 0 Å². The number of aromatic nitrogens is 3. The van der Waals surface area contributed by atoms with E-state index in [1.54, 1.807) is 19.5 Å². The Bertz CT molecular complexity index is 749. The quantitative estimate of drug-likeness (QED) is 0.389. The molecule has 0 unspecified atom stereocenters. The molecule has 1 N–H and O–H groups in total. The lowest BCUT2D eigenvalue weighted by Gasteiger charge is -2.23. The fourth-order valence-corrected chi connectivity index (χ4v) is 2.89. The number of rotatable bonds is 9. The summed E-state index contributed by atoms with van der Waals surface area (Å²) in [5.74, 6) is 1.77. The first-order valence-corrected chi connectivity index (χ1v) is 9.59. The van der Waals surface area contributed by atoms with Gasteiger partial charge in [0.1, 0.15) is 12.2 Å². The Hall–Kier alpha value is -1.83. The summed E-state index contributed by atoms with van der Waals surface area (Å²) < 4.78 is 7.15. The lowest BCUT2D eigenvalue weighted by molar-refractivity contribution is 0.207. The Labute approximate surface area is 170 Å². The van der Waals surface area contributed by atoms with Crippen molar-refractivity contribution in [2.24, 2.45) is 4.99 Å². The summed E-state index contributed by atoms with van der Waals surface area (Å²) in [4.78, 5) is 6.66. The first kappa shape index (κ1) is 21.5. The van der Waals surface area contributed by atoms with Crippen LogP contribution in [0.15, 0.2) is 29.5 Å². The molecule has 1 heterocycles. The number of aryl methyl sites for hydroxylation is 1. The Balaban J connectivity index is 1.99. The SMILES string of the molecule is CCc1nncn1CCNC(=NCCOC)N(C)Cc1ccc(Cl)c(Cl)c1. The number of hydrogen-bond donors (Lipinski definition) is 1. The molecular weight excluding hydrogens is 387 g/mol. The fraction of sp³-hybridized carbons (Fsp3) is 0.500. The number of guanidine groups is 1. The van der Waals surface area contributed by atoms with E-state index < -0.39 is 0 Å². The van der Waals surface area contributed by atoms with Gasteiger partial charge in [-0.2, -0.15) is 0 Å². The highest BCUT2D eigenvalue weighted by Gasteiger charge is 2.09. The molecule has 9 heteroatoms. The maximum absolute atomic E-state index is 6.12. The number of methoxy groups -OCH3 is 1. The fourth-order valence-electron chi connectivity index (χ4n) is 2.57. The maximum Gasteiger partial charge on any atom is 0.194 e. The van der Waals surface area contributed by atoms with Crippen LogP contribution in [-0.4, -0.2) is 59.5 Å². The van der Waals surface area contributed by atoms with Gasteiger partial charge in [0, 0.05) is 40.2 Å². The summed E-state index contributed by atoms with van der Waals surface area (Å²) in [6, 6.07) is 5.64. The zero-order valence-corrected chi connectivity index (χ0v) is 17.5. The van der Waals surface area contributed by atoms with Gasteiger partial charge in [0.25, 0.3) is 0 Å². The summed E-state index contributed by atoms with van der Waals surface area (Å²) in [6.45, 7) is 5.34. The van der Waals surface area contributed by atoms with Crippen LogP contribution in [0, 0.1) is 0 Å². The van der Waals surface area contributed by atoms with Gasteiger partial charge >= 0.3 is 0 Å². The predicted molar refractivity (Wildman–Crippen MR) is 110 cm³/mol. The van der Waals surface area contributed by atoms with Gasteiger partial charge in [0.15, 0.2) is 5.96 Å². The van der Waals surface area contributed by atoms with Crippen LogP contribution < -0.4 is 5.32 Å². The molecule has 0 atom stereocenters. The summed E-state index contributed by atoms with van der Waals surface area (Å²) in [6.07, 6.45) is 2.60. The molecular formula is C18H26Cl2N6O. The van der Waals surface area contributed by atoms with E-state index in [0.717, 1.165) is 30.3 Å². The van der Waals surface area contributed by atoms with Gasteiger partial charge in [0.05, 0.1) is 23.2 Å². The largest absolute Gasteiger partial charge is 0.383 e. The van der Waals surface area contributed by atoms with E-state index in [0.29, 0.717) is 36.3 Å². The second-order valence-corrected chi connectivity index (χ2v) is 6.84. The molecule has 0 saturated carbocycles. The third-order valence-electron chi connectivity index (χ3n) is 3.97. The minimum Gasteiger partial charge on any atom is -0.383 e. The third kappa shape index (κ3) is 6.68. The minimum absolute atomic E-state index is 0.549. The van der Waals surface area contributed by atoms with Crippen molar-refractivity contribution in [3.05, 3.63) is 46.0 Å². The molecule has 0 fully saturated rings. The van der Waals surface area contributed by atoms with Crippen molar-refractivity contribution >= 4 is 29.2 Å². The number of ether oxygens (including phenoxy) is 1. The van der Waals surface area contributed by atoms with Crippen LogP contribution in [0.5, 0.6) is 0 Å². The smallest absolute Gasteiger partial charge is 0.194 e. The maximum atomic E-state index is 6.12. The molecule has 0 aliphatic heterocycles. The number of aliphatic imine (C=N–C) groups is 1. The average molecular weight is 413 g/mol. The number of nitrogens with one attached hydrogen (secondary N) is 1. The van der Waals surface area contributed by atoms with Gasteiger partial charge in [-0.1, -0.05) is 36.2 Å². The highest BCUT2D eigenvalue weighted by Crippen LogP contribution is 2.23. The van der Waals surface area contributed by atoms with Gasteiger partial charge < -0.3 is 19.5 Å². The summed E-state index contributed by atoms with van der Waals surface area (Å²) in [7, 11) is 3.65. The van der Waals surface area contributed by atoms with Crippen molar-refractivity contribution in [2.75, 3.05) is 33.9 Å². The lowest BCUT2D eigenvalue weighted by atomic mass is 10.2. The van der Waals surface area contributed by atoms with E-state index in [4.69, 9.17) is 27.9 Å². The number of hydrogen-bond acceptors (Lipinski definition) is 4. The van der Waals surface area contributed by atoms with Crippen LogP contribution in [0.3, 0.4) is 0 Å². The van der Waals surface area contributed by atoms with Crippen LogP contribution in [0.25, 0.3) is 0 Å². The molecule has 0 aliphatic rings.